The van der Waals surface area contributed by atoms with Gasteiger partial charge in [-0.05, 0) is 47.5 Å². The maximum atomic E-state index is 12.9. The molecule has 63 heavy (non-hydrogen) atoms. The molecule has 5 N–H and O–H groups in total. The molecule has 0 saturated carbocycles. The summed E-state index contributed by atoms with van der Waals surface area (Å²) < 4.78 is 21.9. The topological polar surface area (TPSA) is 250 Å². The minimum atomic E-state index is -1.12. The third kappa shape index (κ3) is 10.1. The zero-order chi connectivity index (χ0) is 44.6. The fourth-order valence-corrected chi connectivity index (χ4v) is 6.69. The molecule has 0 saturated heterocycles. The number of anilines is 2. The highest BCUT2D eigenvalue weighted by molar-refractivity contribution is 6.05. The summed E-state index contributed by atoms with van der Waals surface area (Å²) in [5.74, 6) is -1.48. The number of hydrogen-bond acceptors (Lipinski definition) is 13. The van der Waals surface area contributed by atoms with Crippen molar-refractivity contribution >= 4 is 46.8 Å². The number of ether oxygens (including phenoxy) is 2. The highest BCUT2D eigenvalue weighted by Gasteiger charge is 2.33. The summed E-state index contributed by atoms with van der Waals surface area (Å²) in [4.78, 5) is 76.9. The van der Waals surface area contributed by atoms with E-state index in [4.69, 9.17) is 24.3 Å². The smallest absolute Gasteiger partial charge is 0.335 e. The van der Waals surface area contributed by atoms with Crippen molar-refractivity contribution in [3.63, 3.8) is 0 Å². The van der Waals surface area contributed by atoms with Gasteiger partial charge in [-0.15, -0.1) is 0 Å². The first-order valence-electron chi connectivity index (χ1n) is 19.5. The first kappa shape index (κ1) is 43.0. The lowest BCUT2D eigenvalue weighted by molar-refractivity contribution is -0.121. The summed E-state index contributed by atoms with van der Waals surface area (Å²) in [5, 5.41) is 22.1. The molecule has 0 spiro atoms. The molecule has 4 heterocycles. The van der Waals surface area contributed by atoms with E-state index < -0.39 is 35.8 Å². The zero-order valence-corrected chi connectivity index (χ0v) is 34.0. The van der Waals surface area contributed by atoms with Gasteiger partial charge in [-0.3, -0.25) is 24.0 Å². The van der Waals surface area contributed by atoms with Gasteiger partial charge in [-0.25, -0.2) is 4.79 Å². The summed E-state index contributed by atoms with van der Waals surface area (Å²) in [6.45, 7) is -0.316. The van der Waals surface area contributed by atoms with E-state index in [1.807, 2.05) is 60.7 Å². The van der Waals surface area contributed by atoms with E-state index in [1.165, 1.54) is 41.1 Å². The first-order valence-corrected chi connectivity index (χ1v) is 19.5. The Bertz CT molecular complexity index is 2660. The average Bonchev–Trinajstić information content (AvgIpc) is 3.94. The number of amides is 4. The van der Waals surface area contributed by atoms with Crippen molar-refractivity contribution < 1.29 is 52.4 Å². The van der Waals surface area contributed by atoms with Crippen LogP contribution in [0.3, 0.4) is 0 Å². The molecule has 18 nitrogen and oxygen atoms in total. The van der Waals surface area contributed by atoms with Crippen molar-refractivity contribution in [3.8, 4) is 11.5 Å². The molecule has 322 valence electrons. The number of carboxylic acids is 1. The van der Waals surface area contributed by atoms with E-state index >= 15 is 0 Å². The Hall–Kier alpha value is -8.12. The second kappa shape index (κ2) is 19.1. The maximum absolute atomic E-state index is 12.9. The predicted molar refractivity (Wildman–Crippen MR) is 225 cm³/mol. The van der Waals surface area contributed by atoms with Crippen LogP contribution < -0.4 is 35.6 Å². The second-order valence-corrected chi connectivity index (χ2v) is 14.4. The molecule has 18 heteroatoms. The number of benzene rings is 4. The van der Waals surface area contributed by atoms with Gasteiger partial charge < -0.3 is 49.8 Å². The highest BCUT2D eigenvalue weighted by atomic mass is 16.5. The molecule has 8 rings (SSSR count). The summed E-state index contributed by atoms with van der Waals surface area (Å²) in [6.07, 6.45) is 0.977. The van der Waals surface area contributed by atoms with E-state index in [0.29, 0.717) is 52.8 Å². The van der Waals surface area contributed by atoms with Crippen LogP contribution in [-0.2, 0) is 22.4 Å². The number of carbonyl (C=O) groups excluding carboxylic acids is 5. The predicted octanol–water partition coefficient (Wildman–Crippen LogP) is 3.68. The zero-order valence-electron chi connectivity index (χ0n) is 34.0. The van der Waals surface area contributed by atoms with Crippen LogP contribution in [0.5, 0.6) is 11.5 Å². The molecule has 2 aliphatic rings. The molecule has 0 bridgehead atoms. The number of nitrogens with two attached hydrogens (primary N) is 1. The van der Waals surface area contributed by atoms with E-state index in [0.717, 1.165) is 11.1 Å². The fraction of sp³-hybridized carbons (Fsp3) is 0.200. The SMILES string of the molecule is CN1C(=O)[C@@H](NC(=O)c2cc(Cc3ccccc3)on2)COc2ccc(C(=O)CN)cc21.CN1C(=O)[C@@H](NC(=O)c2cc(Cc3ccccc3)on2)COc2ccc(C(=O)O)cc21. The quantitative estimate of drug-likeness (QED) is 0.136. The summed E-state index contributed by atoms with van der Waals surface area (Å²) in [5.41, 5.74) is 8.74. The number of hydrogen-bond donors (Lipinski definition) is 4. The molecular formula is C45H41N7O11. The van der Waals surface area contributed by atoms with Gasteiger partial charge in [-0.1, -0.05) is 71.0 Å². The van der Waals surface area contributed by atoms with Crippen molar-refractivity contribution in [3.05, 3.63) is 154 Å². The molecule has 2 atom stereocenters. The Balaban J connectivity index is 0.000000189. The van der Waals surface area contributed by atoms with E-state index in [9.17, 15) is 33.9 Å². The van der Waals surface area contributed by atoms with Gasteiger partial charge in [0.2, 0.25) is 0 Å². The number of likely N-dealkylation sites (N-methyl/N-ethyl adjacent to an activating group) is 2. The molecule has 0 unspecified atom stereocenters. The second-order valence-electron chi connectivity index (χ2n) is 14.4. The number of nitrogens with one attached hydrogen (secondary N) is 2. The summed E-state index contributed by atoms with van der Waals surface area (Å²) >= 11 is 0. The van der Waals surface area contributed by atoms with Crippen molar-refractivity contribution in [2.75, 3.05) is 43.7 Å². The number of carbonyl (C=O) groups is 6. The molecule has 2 aromatic heterocycles. The van der Waals surface area contributed by atoms with Gasteiger partial charge in [0.25, 0.3) is 23.6 Å². The van der Waals surface area contributed by atoms with Gasteiger partial charge in [0.05, 0.1) is 23.5 Å². The fourth-order valence-electron chi connectivity index (χ4n) is 6.69. The Labute approximate surface area is 359 Å². The van der Waals surface area contributed by atoms with Crippen LogP contribution in [0.25, 0.3) is 0 Å². The largest absolute Gasteiger partial charge is 0.489 e. The van der Waals surface area contributed by atoms with Gasteiger partial charge in [0.15, 0.2) is 17.2 Å². The van der Waals surface area contributed by atoms with E-state index in [2.05, 4.69) is 20.9 Å². The van der Waals surface area contributed by atoms with Crippen LogP contribution in [0.2, 0.25) is 0 Å². The number of ketones is 1. The molecular weight excluding hydrogens is 815 g/mol. The third-order valence-electron chi connectivity index (χ3n) is 10.1. The van der Waals surface area contributed by atoms with Crippen molar-refractivity contribution in [1.82, 2.24) is 20.9 Å². The van der Waals surface area contributed by atoms with Crippen molar-refractivity contribution in [1.29, 1.82) is 0 Å². The Kier molecular flexibility index (Phi) is 13.0. The van der Waals surface area contributed by atoms with E-state index in [1.54, 1.807) is 31.3 Å². The molecule has 2 aliphatic heterocycles. The highest BCUT2D eigenvalue weighted by Crippen LogP contribution is 2.33. The lowest BCUT2D eigenvalue weighted by atomic mass is 10.1. The van der Waals surface area contributed by atoms with Gasteiger partial charge in [0, 0.05) is 44.6 Å². The number of carboxylic acid groups (broad SMARTS) is 1. The van der Waals surface area contributed by atoms with Crippen molar-refractivity contribution in [2.24, 2.45) is 5.73 Å². The summed E-state index contributed by atoms with van der Waals surface area (Å²) in [6, 6.07) is 29.4. The van der Waals surface area contributed by atoms with Gasteiger partial charge in [0.1, 0.15) is 48.3 Å². The van der Waals surface area contributed by atoms with Crippen LogP contribution in [-0.4, -0.2) is 96.7 Å². The van der Waals surface area contributed by atoms with Crippen molar-refractivity contribution in [2.45, 2.75) is 24.9 Å². The van der Waals surface area contributed by atoms with Crippen LogP contribution in [0.4, 0.5) is 11.4 Å². The third-order valence-corrected chi connectivity index (χ3v) is 10.1. The van der Waals surface area contributed by atoms with Gasteiger partial charge in [-0.2, -0.15) is 0 Å². The Morgan fingerprint density at radius 3 is 1.51 bits per heavy atom. The first-order chi connectivity index (χ1) is 30.4. The number of aromatic carboxylic acids is 1. The lowest BCUT2D eigenvalue weighted by Crippen LogP contribution is -2.49. The Morgan fingerprint density at radius 1 is 0.651 bits per heavy atom. The molecule has 0 fully saturated rings. The van der Waals surface area contributed by atoms with Crippen LogP contribution in [0.1, 0.15) is 64.3 Å². The van der Waals surface area contributed by atoms with Crippen LogP contribution in [0, 0.1) is 0 Å². The van der Waals surface area contributed by atoms with Gasteiger partial charge >= 0.3 is 5.97 Å². The van der Waals surface area contributed by atoms with Crippen LogP contribution in [0.15, 0.2) is 118 Å². The summed E-state index contributed by atoms with van der Waals surface area (Å²) in [7, 11) is 3.05. The number of fused-ring (bicyclic) bond motifs is 2. The number of nitrogens with zero attached hydrogens (tertiary/aromatic N) is 4. The minimum Gasteiger partial charge on any atom is -0.489 e. The molecule has 4 aromatic carbocycles. The Morgan fingerprint density at radius 2 is 1.08 bits per heavy atom. The monoisotopic (exact) mass is 855 g/mol. The molecule has 0 radical (unpaired) electrons. The lowest BCUT2D eigenvalue weighted by Gasteiger charge is -2.20. The minimum absolute atomic E-state index is 0.0260. The van der Waals surface area contributed by atoms with Crippen LogP contribution >= 0.6 is 0 Å². The molecule has 6 aromatic rings. The number of Topliss-reactive ketones (excluding diaryl/α,β-unsaturated/α-hetero) is 1. The molecule has 4 amide bonds. The molecule has 0 aliphatic carbocycles. The average molecular weight is 856 g/mol. The number of aromatic nitrogens is 2. The number of rotatable bonds is 11. The maximum Gasteiger partial charge on any atom is 0.335 e. The standard InChI is InChI=1S/C23H22N4O5.C22H19N3O6/c1-27-19-10-15(20(28)12-24)7-8-21(19)31-13-18(23(27)30)25-22(29)17-11-16(32-26-17)9-14-5-3-2-4-6-14;1-25-18-10-14(22(28)29)7-8-19(18)30-12-17(21(25)27)23-20(26)16-11-15(31-24-16)9-13-5-3-2-4-6-13/h2-8,10-11,18H,9,12-13,24H2,1H3,(H,25,29);2-8,10-11,17H,9,12H2,1H3,(H,23,26)(H,28,29)/t18-;17-/m00/s1. The van der Waals surface area contributed by atoms with E-state index in [-0.39, 0.29) is 48.4 Å². The normalized spacial score (nSPS) is 15.5.